The minimum absolute atomic E-state index is 0.0581. The van der Waals surface area contributed by atoms with E-state index in [0.717, 1.165) is 36.0 Å². The van der Waals surface area contributed by atoms with E-state index < -0.39 is 0 Å². The number of carbonyl (C=O) groups is 1. The van der Waals surface area contributed by atoms with E-state index in [1.165, 1.54) is 29.0 Å². The molecule has 1 saturated heterocycles. The molecule has 0 bridgehead atoms. The molecule has 3 heterocycles. The Hall–Kier alpha value is -2.31. The van der Waals surface area contributed by atoms with Crippen molar-refractivity contribution in [2.45, 2.75) is 31.8 Å². The van der Waals surface area contributed by atoms with E-state index in [9.17, 15) is 9.18 Å². The van der Waals surface area contributed by atoms with Crippen molar-refractivity contribution in [2.75, 3.05) is 13.1 Å². The molecule has 1 amide bonds. The monoisotopic (exact) mass is 383 g/mol. The molecule has 0 aliphatic carbocycles. The molecule has 1 unspecified atom stereocenters. The van der Waals surface area contributed by atoms with Gasteiger partial charge in [0, 0.05) is 42.3 Å². The second kappa shape index (κ2) is 7.74. The second-order valence-electron chi connectivity index (χ2n) is 7.03. The van der Waals surface area contributed by atoms with Crippen LogP contribution >= 0.6 is 11.3 Å². The highest BCUT2D eigenvalue weighted by atomic mass is 32.1. The number of benzene rings is 1. The van der Waals surface area contributed by atoms with E-state index in [0.29, 0.717) is 10.9 Å². The van der Waals surface area contributed by atoms with E-state index in [-0.39, 0.29) is 17.8 Å². The molecule has 1 fully saturated rings. The number of pyridine rings is 1. The molecule has 1 aliphatic heterocycles. The number of likely N-dealkylation sites (tertiary alicyclic amines) is 1. The third-order valence-corrected chi connectivity index (χ3v) is 6.42. The van der Waals surface area contributed by atoms with E-state index in [1.54, 1.807) is 12.1 Å². The molecule has 27 heavy (non-hydrogen) atoms. The summed E-state index contributed by atoms with van der Waals surface area (Å²) >= 11 is 1.41. The highest BCUT2D eigenvalue weighted by molar-refractivity contribution is 7.20. The Labute approximate surface area is 162 Å². The summed E-state index contributed by atoms with van der Waals surface area (Å²) in [6, 6.07) is 11.1. The molecular weight excluding hydrogens is 361 g/mol. The highest BCUT2D eigenvalue weighted by Crippen LogP contribution is 2.27. The number of carbonyl (C=O) groups excluding carboxylic acids is 1. The van der Waals surface area contributed by atoms with Crippen LogP contribution in [0.5, 0.6) is 0 Å². The fourth-order valence-corrected chi connectivity index (χ4v) is 4.61. The highest BCUT2D eigenvalue weighted by Gasteiger charge is 2.25. The minimum Gasteiger partial charge on any atom is -0.349 e. The van der Waals surface area contributed by atoms with Gasteiger partial charge in [-0.15, -0.1) is 11.3 Å². The summed E-state index contributed by atoms with van der Waals surface area (Å²) in [4.78, 5) is 19.8. The molecule has 0 saturated carbocycles. The van der Waals surface area contributed by atoms with E-state index in [1.807, 2.05) is 12.4 Å². The Morgan fingerprint density at radius 2 is 1.96 bits per heavy atom. The molecule has 0 radical (unpaired) electrons. The van der Waals surface area contributed by atoms with E-state index in [4.69, 9.17) is 0 Å². The first-order valence-corrected chi connectivity index (χ1v) is 10.1. The van der Waals surface area contributed by atoms with Crippen molar-refractivity contribution in [1.29, 1.82) is 0 Å². The number of nitrogens with one attached hydrogen (secondary N) is 1. The normalized spacial score (nSPS) is 17.1. The maximum absolute atomic E-state index is 13.3. The van der Waals surface area contributed by atoms with Crippen molar-refractivity contribution >= 4 is 27.3 Å². The molecule has 4 nitrogen and oxygen atoms in total. The number of fused-ring (bicyclic) bond motifs is 1. The van der Waals surface area contributed by atoms with Gasteiger partial charge in [-0.2, -0.15) is 0 Å². The average Bonchev–Trinajstić information content (AvgIpc) is 3.12. The van der Waals surface area contributed by atoms with Gasteiger partial charge in [-0.05, 0) is 67.1 Å². The van der Waals surface area contributed by atoms with Gasteiger partial charge in [-0.3, -0.25) is 14.7 Å². The summed E-state index contributed by atoms with van der Waals surface area (Å²) < 4.78 is 14.3. The Morgan fingerprint density at radius 3 is 2.70 bits per heavy atom. The zero-order valence-electron chi connectivity index (χ0n) is 15.2. The van der Waals surface area contributed by atoms with Gasteiger partial charge in [0.05, 0.1) is 4.88 Å². The van der Waals surface area contributed by atoms with E-state index in [2.05, 4.69) is 34.3 Å². The molecule has 6 heteroatoms. The van der Waals surface area contributed by atoms with Crippen LogP contribution in [-0.4, -0.2) is 34.9 Å². The number of aromatic nitrogens is 1. The largest absolute Gasteiger partial charge is 0.349 e. The lowest BCUT2D eigenvalue weighted by Gasteiger charge is -2.36. The smallest absolute Gasteiger partial charge is 0.261 e. The fraction of sp³-hybridized carbons (Fsp3) is 0.333. The second-order valence-corrected chi connectivity index (χ2v) is 8.12. The third kappa shape index (κ3) is 4.01. The first-order chi connectivity index (χ1) is 13.1. The van der Waals surface area contributed by atoms with Crippen LogP contribution in [0.1, 0.15) is 41.0 Å². The van der Waals surface area contributed by atoms with Crippen LogP contribution in [0.3, 0.4) is 0 Å². The molecule has 0 spiro atoms. The average molecular weight is 383 g/mol. The number of halogens is 1. The molecule has 1 aromatic carbocycles. The number of nitrogens with zero attached hydrogens (tertiary/aromatic N) is 2. The number of piperidine rings is 1. The summed E-state index contributed by atoms with van der Waals surface area (Å²) in [6.45, 7) is 4.11. The number of amides is 1. The zero-order chi connectivity index (χ0) is 18.8. The van der Waals surface area contributed by atoms with Crippen LogP contribution < -0.4 is 5.32 Å². The quantitative estimate of drug-likeness (QED) is 0.727. The van der Waals surface area contributed by atoms with Gasteiger partial charge < -0.3 is 5.32 Å². The maximum Gasteiger partial charge on any atom is 0.261 e. The standard InChI is InChI=1S/C21H22FN3OS/c1-14(15-4-8-23-9-5-15)25-10-6-18(7-11-25)24-21(26)20-13-16-12-17(22)2-3-19(16)27-20/h2-5,8-9,12-14,18H,6-7,10-11H2,1H3,(H,24,26). The van der Waals surface area contributed by atoms with Gasteiger partial charge in [0.2, 0.25) is 0 Å². The SMILES string of the molecule is CC(c1ccncc1)N1CCC(NC(=O)c2cc3cc(F)ccc3s2)CC1. The lowest BCUT2D eigenvalue weighted by Crippen LogP contribution is -2.45. The Morgan fingerprint density at radius 1 is 1.22 bits per heavy atom. The van der Waals surface area contributed by atoms with Gasteiger partial charge in [-0.25, -0.2) is 4.39 Å². The van der Waals surface area contributed by atoms with Crippen molar-refractivity contribution in [3.63, 3.8) is 0 Å². The van der Waals surface area contributed by atoms with Gasteiger partial charge in [0.1, 0.15) is 5.82 Å². The summed E-state index contributed by atoms with van der Waals surface area (Å²) in [5.41, 5.74) is 1.27. The minimum atomic E-state index is -0.275. The first kappa shape index (κ1) is 18.1. The Bertz CT molecular complexity index is 935. The maximum atomic E-state index is 13.3. The van der Waals surface area contributed by atoms with Crippen LogP contribution in [0.4, 0.5) is 4.39 Å². The molecule has 1 atom stereocenters. The van der Waals surface area contributed by atoms with Crippen molar-refractivity contribution in [3.05, 3.63) is 65.0 Å². The Balaban J connectivity index is 1.35. The first-order valence-electron chi connectivity index (χ1n) is 9.24. The van der Waals surface area contributed by atoms with Crippen LogP contribution in [0.15, 0.2) is 48.8 Å². The van der Waals surface area contributed by atoms with Gasteiger partial charge in [-0.1, -0.05) is 0 Å². The molecule has 4 rings (SSSR count). The predicted molar refractivity (Wildman–Crippen MR) is 106 cm³/mol. The zero-order valence-corrected chi connectivity index (χ0v) is 16.0. The summed E-state index contributed by atoms with van der Waals surface area (Å²) in [5.74, 6) is -0.333. The summed E-state index contributed by atoms with van der Waals surface area (Å²) in [7, 11) is 0. The summed E-state index contributed by atoms with van der Waals surface area (Å²) in [5, 5.41) is 3.93. The van der Waals surface area contributed by atoms with Gasteiger partial charge in [0.25, 0.3) is 5.91 Å². The summed E-state index contributed by atoms with van der Waals surface area (Å²) in [6.07, 6.45) is 5.52. The third-order valence-electron chi connectivity index (χ3n) is 5.30. The Kier molecular flexibility index (Phi) is 5.18. The van der Waals surface area contributed by atoms with Gasteiger partial charge in [0.15, 0.2) is 0 Å². The predicted octanol–water partition coefficient (Wildman–Crippen LogP) is 4.39. The fourth-order valence-electron chi connectivity index (χ4n) is 3.67. The molecule has 2 aromatic heterocycles. The lowest BCUT2D eigenvalue weighted by molar-refractivity contribution is 0.0900. The van der Waals surface area contributed by atoms with Crippen molar-refractivity contribution < 1.29 is 9.18 Å². The molecule has 3 aromatic rings. The lowest BCUT2D eigenvalue weighted by atomic mass is 10.0. The number of thiophene rings is 1. The molecule has 140 valence electrons. The molecule has 1 N–H and O–H groups in total. The van der Waals surface area contributed by atoms with Crippen LogP contribution in [-0.2, 0) is 0 Å². The van der Waals surface area contributed by atoms with Crippen molar-refractivity contribution in [1.82, 2.24) is 15.2 Å². The van der Waals surface area contributed by atoms with Crippen molar-refractivity contribution in [2.24, 2.45) is 0 Å². The number of hydrogen-bond acceptors (Lipinski definition) is 4. The number of rotatable bonds is 4. The topological polar surface area (TPSA) is 45.2 Å². The number of hydrogen-bond donors (Lipinski definition) is 1. The van der Waals surface area contributed by atoms with Crippen LogP contribution in [0.2, 0.25) is 0 Å². The van der Waals surface area contributed by atoms with Crippen LogP contribution in [0.25, 0.3) is 10.1 Å². The van der Waals surface area contributed by atoms with E-state index >= 15 is 0 Å². The van der Waals surface area contributed by atoms with Crippen LogP contribution in [0, 0.1) is 5.82 Å². The molecule has 1 aliphatic rings. The van der Waals surface area contributed by atoms with Crippen molar-refractivity contribution in [3.8, 4) is 0 Å². The van der Waals surface area contributed by atoms with Gasteiger partial charge >= 0.3 is 0 Å². The molecular formula is C21H22FN3OS.